The van der Waals surface area contributed by atoms with Gasteiger partial charge in [-0.1, -0.05) is 38.4 Å². The number of benzene rings is 1. The third-order valence-corrected chi connectivity index (χ3v) is 3.80. The van der Waals surface area contributed by atoms with E-state index in [1.54, 1.807) is 6.20 Å². The second-order valence-corrected chi connectivity index (χ2v) is 5.63. The molecule has 3 heteroatoms. The summed E-state index contributed by atoms with van der Waals surface area (Å²) in [5, 5.41) is 1.23. The van der Waals surface area contributed by atoms with Crippen molar-refractivity contribution < 1.29 is 4.39 Å². The summed E-state index contributed by atoms with van der Waals surface area (Å²) in [6, 6.07) is 3.13. The SMILES string of the molecule is C/C=C(\CC)c1cnc2c(F)cc(Cl)cc2c1C(C)C. The van der Waals surface area contributed by atoms with Gasteiger partial charge in [-0.25, -0.2) is 4.39 Å². The molecule has 0 aliphatic rings. The van der Waals surface area contributed by atoms with Crippen LogP contribution in [-0.4, -0.2) is 4.98 Å². The number of halogens is 2. The minimum absolute atomic E-state index is 0.273. The van der Waals surface area contributed by atoms with Crippen molar-refractivity contribution in [2.75, 3.05) is 0 Å². The van der Waals surface area contributed by atoms with Crippen LogP contribution in [0.4, 0.5) is 4.39 Å². The molecule has 1 heterocycles. The van der Waals surface area contributed by atoms with Crippen molar-refractivity contribution in [2.45, 2.75) is 40.0 Å². The molecule has 0 N–H and O–H groups in total. The fourth-order valence-electron chi connectivity index (χ4n) is 2.67. The van der Waals surface area contributed by atoms with E-state index in [9.17, 15) is 4.39 Å². The summed E-state index contributed by atoms with van der Waals surface area (Å²) in [5.74, 6) is -0.0886. The summed E-state index contributed by atoms with van der Waals surface area (Å²) < 4.78 is 14.0. The lowest BCUT2D eigenvalue weighted by Crippen LogP contribution is -2.00. The van der Waals surface area contributed by atoms with Gasteiger partial charge < -0.3 is 0 Å². The number of aromatic nitrogens is 1. The molecule has 1 aromatic carbocycles. The number of fused-ring (bicyclic) bond motifs is 1. The molecule has 0 radical (unpaired) electrons. The summed E-state index contributed by atoms with van der Waals surface area (Å²) >= 11 is 6.02. The average Bonchev–Trinajstić information content (AvgIpc) is 2.38. The van der Waals surface area contributed by atoms with Gasteiger partial charge in [-0.3, -0.25) is 4.98 Å². The minimum atomic E-state index is -0.362. The summed E-state index contributed by atoms with van der Waals surface area (Å²) in [6.07, 6.45) is 4.80. The van der Waals surface area contributed by atoms with Crippen molar-refractivity contribution in [1.82, 2.24) is 4.98 Å². The van der Waals surface area contributed by atoms with Crippen LogP contribution in [-0.2, 0) is 0 Å². The van der Waals surface area contributed by atoms with Gasteiger partial charge in [0.2, 0.25) is 0 Å². The van der Waals surface area contributed by atoms with E-state index in [0.29, 0.717) is 10.5 Å². The maximum atomic E-state index is 14.0. The standard InChI is InChI=1S/C17H19ClFN/c1-5-11(6-2)14-9-20-17-13(16(14)10(3)4)7-12(18)8-15(17)19/h5,7-10H,6H2,1-4H3/b11-5+. The van der Waals surface area contributed by atoms with Gasteiger partial charge in [-0.05, 0) is 48.1 Å². The Kier molecular flexibility index (Phi) is 4.44. The maximum absolute atomic E-state index is 14.0. The summed E-state index contributed by atoms with van der Waals surface area (Å²) in [6.45, 7) is 8.36. The second-order valence-electron chi connectivity index (χ2n) is 5.19. The van der Waals surface area contributed by atoms with Crippen LogP contribution < -0.4 is 0 Å². The van der Waals surface area contributed by atoms with E-state index in [2.05, 4.69) is 31.8 Å². The zero-order chi connectivity index (χ0) is 14.9. The summed E-state index contributed by atoms with van der Waals surface area (Å²) in [5.41, 5.74) is 3.84. The second kappa shape index (κ2) is 5.92. The van der Waals surface area contributed by atoms with Gasteiger partial charge >= 0.3 is 0 Å². The lowest BCUT2D eigenvalue weighted by Gasteiger charge is -2.17. The monoisotopic (exact) mass is 291 g/mol. The Hall–Kier alpha value is -1.41. The molecule has 20 heavy (non-hydrogen) atoms. The van der Waals surface area contributed by atoms with Crippen LogP contribution in [0.3, 0.4) is 0 Å². The molecule has 106 valence electrons. The number of rotatable bonds is 3. The molecular weight excluding hydrogens is 273 g/mol. The topological polar surface area (TPSA) is 12.9 Å². The van der Waals surface area contributed by atoms with Crippen LogP contribution in [0.1, 0.15) is 51.2 Å². The third kappa shape index (κ3) is 2.57. The van der Waals surface area contributed by atoms with E-state index >= 15 is 0 Å². The Labute approximate surface area is 124 Å². The number of pyridine rings is 1. The maximum Gasteiger partial charge on any atom is 0.150 e. The predicted octanol–water partition coefficient (Wildman–Crippen LogP) is 5.96. The van der Waals surface area contributed by atoms with E-state index < -0.39 is 0 Å². The quantitative estimate of drug-likeness (QED) is 0.679. The Bertz CT molecular complexity index is 674. The third-order valence-electron chi connectivity index (χ3n) is 3.58. The fourth-order valence-corrected chi connectivity index (χ4v) is 2.88. The highest BCUT2D eigenvalue weighted by Crippen LogP contribution is 2.35. The first-order valence-electron chi connectivity index (χ1n) is 6.92. The molecule has 0 fully saturated rings. The molecule has 0 saturated carbocycles. The van der Waals surface area contributed by atoms with Gasteiger partial charge in [0.05, 0.1) is 0 Å². The molecule has 0 aliphatic carbocycles. The van der Waals surface area contributed by atoms with E-state index in [0.717, 1.165) is 22.9 Å². The summed E-state index contributed by atoms with van der Waals surface area (Å²) in [4.78, 5) is 4.31. The molecular formula is C17H19ClFN. The van der Waals surface area contributed by atoms with Crippen LogP contribution >= 0.6 is 11.6 Å². The Morgan fingerprint density at radius 1 is 1.40 bits per heavy atom. The van der Waals surface area contributed by atoms with Crippen molar-refractivity contribution in [3.8, 4) is 0 Å². The average molecular weight is 292 g/mol. The molecule has 0 atom stereocenters. The highest BCUT2D eigenvalue weighted by atomic mass is 35.5. The number of nitrogens with zero attached hydrogens (tertiary/aromatic N) is 1. The Morgan fingerprint density at radius 3 is 2.65 bits per heavy atom. The molecule has 1 aromatic heterocycles. The van der Waals surface area contributed by atoms with Gasteiger partial charge in [-0.2, -0.15) is 0 Å². The molecule has 0 saturated heterocycles. The van der Waals surface area contributed by atoms with Crippen molar-refractivity contribution >= 4 is 28.1 Å². The van der Waals surface area contributed by atoms with Gasteiger partial charge in [-0.15, -0.1) is 0 Å². The summed E-state index contributed by atoms with van der Waals surface area (Å²) in [7, 11) is 0. The van der Waals surface area contributed by atoms with Crippen LogP contribution in [0.15, 0.2) is 24.4 Å². The van der Waals surface area contributed by atoms with Crippen molar-refractivity contribution in [2.24, 2.45) is 0 Å². The van der Waals surface area contributed by atoms with E-state index in [4.69, 9.17) is 11.6 Å². The predicted molar refractivity (Wildman–Crippen MR) is 84.7 cm³/mol. The lowest BCUT2D eigenvalue weighted by molar-refractivity contribution is 0.636. The number of hydrogen-bond acceptors (Lipinski definition) is 1. The molecule has 0 spiro atoms. The first kappa shape index (κ1) is 15.0. The molecule has 0 unspecified atom stereocenters. The van der Waals surface area contributed by atoms with E-state index in [1.807, 2.05) is 13.0 Å². The highest BCUT2D eigenvalue weighted by Gasteiger charge is 2.16. The normalized spacial score (nSPS) is 12.4. The first-order valence-corrected chi connectivity index (χ1v) is 7.30. The van der Waals surface area contributed by atoms with Crippen LogP contribution in [0.25, 0.3) is 16.5 Å². The zero-order valence-corrected chi connectivity index (χ0v) is 13.1. The molecule has 0 aliphatic heterocycles. The zero-order valence-electron chi connectivity index (χ0n) is 12.3. The molecule has 2 aromatic rings. The van der Waals surface area contributed by atoms with Gasteiger partial charge in [0.25, 0.3) is 0 Å². The van der Waals surface area contributed by atoms with Crippen molar-refractivity contribution in [1.29, 1.82) is 0 Å². The molecule has 1 nitrogen and oxygen atoms in total. The van der Waals surface area contributed by atoms with E-state index in [-0.39, 0.29) is 11.7 Å². The van der Waals surface area contributed by atoms with Gasteiger partial charge in [0.1, 0.15) is 5.52 Å². The van der Waals surface area contributed by atoms with E-state index in [1.165, 1.54) is 11.6 Å². The smallest absolute Gasteiger partial charge is 0.150 e. The van der Waals surface area contributed by atoms with Crippen LogP contribution in [0, 0.1) is 5.82 Å². The molecule has 0 bridgehead atoms. The Balaban J connectivity index is 2.89. The van der Waals surface area contributed by atoms with Gasteiger partial charge in [0.15, 0.2) is 5.82 Å². The minimum Gasteiger partial charge on any atom is -0.253 e. The van der Waals surface area contributed by atoms with Gasteiger partial charge in [0, 0.05) is 16.6 Å². The number of allylic oxidation sites excluding steroid dienone is 2. The largest absolute Gasteiger partial charge is 0.253 e. The van der Waals surface area contributed by atoms with Crippen LogP contribution in [0.2, 0.25) is 5.02 Å². The fraction of sp³-hybridized carbons (Fsp3) is 0.353. The molecule has 2 rings (SSSR count). The molecule has 0 amide bonds. The Morgan fingerprint density at radius 2 is 2.10 bits per heavy atom. The lowest BCUT2D eigenvalue weighted by atomic mass is 9.89. The highest BCUT2D eigenvalue weighted by molar-refractivity contribution is 6.31. The van der Waals surface area contributed by atoms with Crippen molar-refractivity contribution in [3.63, 3.8) is 0 Å². The first-order chi connectivity index (χ1) is 9.49. The number of hydrogen-bond donors (Lipinski definition) is 0. The van der Waals surface area contributed by atoms with Crippen molar-refractivity contribution in [3.05, 3.63) is 46.4 Å². The van der Waals surface area contributed by atoms with Crippen LogP contribution in [0.5, 0.6) is 0 Å².